The second-order valence-electron chi connectivity index (χ2n) is 4.76. The third-order valence-electron chi connectivity index (χ3n) is 2.85. The largest absolute Gasteiger partial charge is 0.347 e. The first kappa shape index (κ1) is 11.2. The molecule has 0 aliphatic carbocycles. The number of hydrogen-bond donors (Lipinski definition) is 1. The second-order valence-corrected chi connectivity index (χ2v) is 4.76. The predicted molar refractivity (Wildman–Crippen MR) is 69.5 cm³/mol. The smallest absolute Gasteiger partial charge is 0.0513 e. The lowest BCUT2D eigenvalue weighted by Gasteiger charge is -2.11. The fourth-order valence-electron chi connectivity index (χ4n) is 2.24. The number of rotatable bonds is 4. The van der Waals surface area contributed by atoms with Gasteiger partial charge in [-0.15, -0.1) is 0 Å². The van der Waals surface area contributed by atoms with Gasteiger partial charge in [0.15, 0.2) is 0 Å². The van der Waals surface area contributed by atoms with E-state index in [1.54, 1.807) is 0 Å². The zero-order valence-electron chi connectivity index (χ0n) is 10.1. The van der Waals surface area contributed by atoms with Crippen LogP contribution >= 0.6 is 0 Å². The summed E-state index contributed by atoms with van der Waals surface area (Å²) in [4.78, 5) is 0. The van der Waals surface area contributed by atoms with E-state index in [4.69, 9.17) is 5.73 Å². The first-order chi connectivity index (χ1) is 7.72. The summed E-state index contributed by atoms with van der Waals surface area (Å²) in [6.45, 7) is 6.28. The molecule has 1 aromatic carbocycles. The zero-order valence-corrected chi connectivity index (χ0v) is 10.1. The number of fused-ring (bicyclic) bond motifs is 1. The van der Waals surface area contributed by atoms with Crippen LogP contribution in [0.4, 0.5) is 0 Å². The second kappa shape index (κ2) is 4.71. The Kier molecular flexibility index (Phi) is 3.30. The highest BCUT2D eigenvalue weighted by Crippen LogP contribution is 2.21. The summed E-state index contributed by atoms with van der Waals surface area (Å²) in [5.41, 5.74) is 8.39. The fourth-order valence-corrected chi connectivity index (χ4v) is 2.24. The Morgan fingerprint density at radius 1 is 1.25 bits per heavy atom. The van der Waals surface area contributed by atoms with Crippen molar-refractivity contribution in [3.05, 3.63) is 36.0 Å². The summed E-state index contributed by atoms with van der Waals surface area (Å²) in [6, 6.07) is 8.67. The van der Waals surface area contributed by atoms with E-state index in [-0.39, 0.29) is 0 Å². The summed E-state index contributed by atoms with van der Waals surface area (Å²) in [5.74, 6) is 0.668. The molecule has 1 aromatic heterocycles. The lowest BCUT2D eigenvalue weighted by atomic mass is 10.1. The van der Waals surface area contributed by atoms with Crippen molar-refractivity contribution in [2.24, 2.45) is 11.7 Å². The summed E-state index contributed by atoms with van der Waals surface area (Å²) in [7, 11) is 0. The van der Waals surface area contributed by atoms with Gasteiger partial charge in [-0.3, -0.25) is 0 Å². The highest BCUT2D eigenvalue weighted by Gasteiger charge is 2.06. The molecule has 86 valence electrons. The van der Waals surface area contributed by atoms with Gasteiger partial charge in [-0.05, 0) is 35.9 Å². The van der Waals surface area contributed by atoms with E-state index < -0.39 is 0 Å². The number of para-hydroxylation sites is 1. The molecule has 2 nitrogen and oxygen atoms in total. The van der Waals surface area contributed by atoms with Crippen LogP contribution in [-0.2, 0) is 13.0 Å². The lowest BCUT2D eigenvalue weighted by Crippen LogP contribution is -2.07. The van der Waals surface area contributed by atoms with Crippen LogP contribution in [-0.4, -0.2) is 11.1 Å². The molecule has 16 heavy (non-hydrogen) atoms. The molecule has 0 fully saturated rings. The van der Waals surface area contributed by atoms with E-state index in [1.807, 2.05) is 0 Å². The molecule has 0 saturated heterocycles. The van der Waals surface area contributed by atoms with E-state index in [2.05, 4.69) is 48.9 Å². The predicted octanol–water partition coefficient (Wildman–Crippen LogP) is 2.80. The van der Waals surface area contributed by atoms with E-state index in [0.29, 0.717) is 12.5 Å². The first-order valence-corrected chi connectivity index (χ1v) is 5.99. The maximum Gasteiger partial charge on any atom is 0.0513 e. The normalized spacial score (nSPS) is 11.5. The van der Waals surface area contributed by atoms with Gasteiger partial charge in [-0.2, -0.15) is 0 Å². The minimum Gasteiger partial charge on any atom is -0.347 e. The molecule has 2 rings (SSSR count). The van der Waals surface area contributed by atoms with Crippen LogP contribution in [0.3, 0.4) is 0 Å². The van der Waals surface area contributed by atoms with Crippen LogP contribution in [0, 0.1) is 5.92 Å². The molecule has 0 atom stereocenters. The average Bonchev–Trinajstić information content (AvgIpc) is 2.62. The summed E-state index contributed by atoms with van der Waals surface area (Å²) < 4.78 is 2.35. The van der Waals surface area contributed by atoms with Gasteiger partial charge >= 0.3 is 0 Å². The van der Waals surface area contributed by atoms with Crippen molar-refractivity contribution in [1.29, 1.82) is 0 Å². The van der Waals surface area contributed by atoms with Crippen LogP contribution < -0.4 is 5.73 Å². The topological polar surface area (TPSA) is 30.9 Å². The molecule has 2 heteroatoms. The van der Waals surface area contributed by atoms with Gasteiger partial charge in [-0.1, -0.05) is 32.0 Å². The van der Waals surface area contributed by atoms with Crippen LogP contribution in [0.5, 0.6) is 0 Å². The van der Waals surface area contributed by atoms with Crippen molar-refractivity contribution in [2.75, 3.05) is 6.54 Å². The van der Waals surface area contributed by atoms with Crippen LogP contribution in [0.25, 0.3) is 10.9 Å². The highest BCUT2D eigenvalue weighted by atomic mass is 15.0. The van der Waals surface area contributed by atoms with Crippen LogP contribution in [0.2, 0.25) is 0 Å². The SMILES string of the molecule is CC(C)Cn1ccc2cccc(CCN)c21. The molecule has 1 heterocycles. The highest BCUT2D eigenvalue weighted by molar-refractivity contribution is 5.83. The number of hydrogen-bond acceptors (Lipinski definition) is 1. The molecule has 0 amide bonds. The monoisotopic (exact) mass is 216 g/mol. The van der Waals surface area contributed by atoms with Crippen LogP contribution in [0.15, 0.2) is 30.5 Å². The molecule has 0 bridgehead atoms. The van der Waals surface area contributed by atoms with Crippen LogP contribution in [0.1, 0.15) is 19.4 Å². The van der Waals surface area contributed by atoms with E-state index >= 15 is 0 Å². The number of benzene rings is 1. The molecule has 0 spiro atoms. The summed E-state index contributed by atoms with van der Waals surface area (Å²) >= 11 is 0. The molecular weight excluding hydrogens is 196 g/mol. The van der Waals surface area contributed by atoms with Crippen molar-refractivity contribution in [3.63, 3.8) is 0 Å². The molecule has 0 aliphatic heterocycles. The Labute approximate surface area is 97.1 Å². The zero-order chi connectivity index (χ0) is 11.5. The quantitative estimate of drug-likeness (QED) is 0.837. The van der Waals surface area contributed by atoms with E-state index in [1.165, 1.54) is 16.5 Å². The average molecular weight is 216 g/mol. The minimum absolute atomic E-state index is 0.668. The Morgan fingerprint density at radius 2 is 2.06 bits per heavy atom. The number of nitrogens with zero attached hydrogens (tertiary/aromatic N) is 1. The third kappa shape index (κ3) is 2.12. The first-order valence-electron chi connectivity index (χ1n) is 5.99. The van der Waals surface area contributed by atoms with Gasteiger partial charge < -0.3 is 10.3 Å². The number of nitrogens with two attached hydrogens (primary N) is 1. The Morgan fingerprint density at radius 3 is 2.75 bits per heavy atom. The van der Waals surface area contributed by atoms with Gasteiger partial charge in [0.1, 0.15) is 0 Å². The minimum atomic E-state index is 0.668. The molecule has 2 N–H and O–H groups in total. The lowest BCUT2D eigenvalue weighted by molar-refractivity contribution is 0.534. The summed E-state index contributed by atoms with van der Waals surface area (Å²) in [5, 5.41) is 1.33. The van der Waals surface area contributed by atoms with Gasteiger partial charge in [-0.25, -0.2) is 0 Å². The van der Waals surface area contributed by atoms with E-state index in [9.17, 15) is 0 Å². The maximum absolute atomic E-state index is 5.66. The van der Waals surface area contributed by atoms with Crippen molar-refractivity contribution in [2.45, 2.75) is 26.8 Å². The molecular formula is C14H20N2. The fraction of sp³-hybridized carbons (Fsp3) is 0.429. The molecule has 0 unspecified atom stereocenters. The number of aromatic nitrogens is 1. The van der Waals surface area contributed by atoms with Crippen molar-refractivity contribution >= 4 is 10.9 Å². The Balaban J connectivity index is 2.49. The van der Waals surface area contributed by atoms with Gasteiger partial charge in [0.05, 0.1) is 5.52 Å². The third-order valence-corrected chi connectivity index (χ3v) is 2.85. The standard InChI is InChI=1S/C14H20N2/c1-11(2)10-16-9-7-13-5-3-4-12(6-8-15)14(13)16/h3-5,7,9,11H,6,8,10,15H2,1-2H3. The van der Waals surface area contributed by atoms with E-state index in [0.717, 1.165) is 13.0 Å². The van der Waals surface area contributed by atoms with Gasteiger partial charge in [0.2, 0.25) is 0 Å². The molecule has 0 saturated carbocycles. The Hall–Kier alpha value is -1.28. The molecule has 0 aliphatic rings. The maximum atomic E-state index is 5.66. The van der Waals surface area contributed by atoms with Gasteiger partial charge in [0.25, 0.3) is 0 Å². The van der Waals surface area contributed by atoms with Crippen molar-refractivity contribution in [3.8, 4) is 0 Å². The summed E-state index contributed by atoms with van der Waals surface area (Å²) in [6.07, 6.45) is 3.14. The Bertz CT molecular complexity index is 469. The van der Waals surface area contributed by atoms with Crippen molar-refractivity contribution in [1.82, 2.24) is 4.57 Å². The molecule has 0 radical (unpaired) electrons. The molecule has 2 aromatic rings. The van der Waals surface area contributed by atoms with Crippen molar-refractivity contribution < 1.29 is 0 Å². The van der Waals surface area contributed by atoms with Gasteiger partial charge in [0, 0.05) is 12.7 Å².